The Morgan fingerprint density at radius 1 is 1.13 bits per heavy atom. The van der Waals surface area contributed by atoms with Crippen molar-refractivity contribution in [2.45, 2.75) is 33.1 Å². The highest BCUT2D eigenvalue weighted by molar-refractivity contribution is 4.59. The summed E-state index contributed by atoms with van der Waals surface area (Å²) in [7, 11) is 1.70. The van der Waals surface area contributed by atoms with Gasteiger partial charge in [-0.1, -0.05) is 13.8 Å². The lowest BCUT2D eigenvalue weighted by Crippen LogP contribution is -2.13. The maximum atomic E-state index is 9.14. The molecule has 0 fully saturated rings. The van der Waals surface area contributed by atoms with Gasteiger partial charge in [0.1, 0.15) is 0 Å². The fraction of sp³-hybridized carbons (Fsp3) is 1.00. The van der Waals surface area contributed by atoms with E-state index in [1.165, 1.54) is 0 Å². The number of hydrogen-bond donors (Lipinski definition) is 1. The highest BCUT2D eigenvalue weighted by atomic mass is 16.5. The molecule has 0 radical (unpaired) electrons. The van der Waals surface area contributed by atoms with Gasteiger partial charge in [-0.15, -0.1) is 0 Å². The second-order valence-electron chi connectivity index (χ2n) is 4.43. The first-order valence-corrected chi connectivity index (χ1v) is 5.88. The summed E-state index contributed by atoms with van der Waals surface area (Å²) in [5, 5.41) is 9.14. The fourth-order valence-corrected chi connectivity index (χ4v) is 1.61. The van der Waals surface area contributed by atoms with Gasteiger partial charge < -0.3 is 14.6 Å². The fourth-order valence-electron chi connectivity index (χ4n) is 1.61. The van der Waals surface area contributed by atoms with Gasteiger partial charge in [-0.25, -0.2) is 0 Å². The molecule has 1 N–H and O–H groups in total. The van der Waals surface area contributed by atoms with Crippen LogP contribution in [0, 0.1) is 11.8 Å². The lowest BCUT2D eigenvalue weighted by atomic mass is 9.95. The average molecular weight is 218 g/mol. The van der Waals surface area contributed by atoms with Crippen LogP contribution in [0.15, 0.2) is 0 Å². The van der Waals surface area contributed by atoms with E-state index >= 15 is 0 Å². The smallest absolute Gasteiger partial charge is 0.0487 e. The van der Waals surface area contributed by atoms with Gasteiger partial charge in [0.2, 0.25) is 0 Å². The Bertz CT molecular complexity index is 126. The van der Waals surface area contributed by atoms with E-state index < -0.39 is 0 Å². The Balaban J connectivity index is 3.30. The lowest BCUT2D eigenvalue weighted by molar-refractivity contribution is 0.0822. The molecule has 1 unspecified atom stereocenters. The van der Waals surface area contributed by atoms with Gasteiger partial charge in [0.15, 0.2) is 0 Å². The maximum absolute atomic E-state index is 9.14. The van der Waals surface area contributed by atoms with Gasteiger partial charge in [-0.2, -0.15) is 0 Å². The van der Waals surface area contributed by atoms with Crippen LogP contribution in [-0.4, -0.2) is 38.6 Å². The molecule has 3 heteroatoms. The molecule has 0 aliphatic rings. The molecule has 0 bridgehead atoms. The van der Waals surface area contributed by atoms with Crippen LogP contribution >= 0.6 is 0 Å². The third kappa shape index (κ3) is 10.2. The van der Waals surface area contributed by atoms with Crippen molar-refractivity contribution in [3.8, 4) is 0 Å². The monoisotopic (exact) mass is 218 g/mol. The molecule has 0 heterocycles. The van der Waals surface area contributed by atoms with Crippen molar-refractivity contribution in [1.29, 1.82) is 0 Å². The maximum Gasteiger partial charge on any atom is 0.0487 e. The predicted octanol–water partition coefficient (Wildman–Crippen LogP) is 2.08. The summed E-state index contributed by atoms with van der Waals surface area (Å²) in [4.78, 5) is 0. The molecule has 0 aromatic carbocycles. The molecule has 0 aromatic rings. The topological polar surface area (TPSA) is 38.7 Å². The highest BCUT2D eigenvalue weighted by Gasteiger charge is 2.09. The van der Waals surface area contributed by atoms with Crippen molar-refractivity contribution in [2.24, 2.45) is 11.8 Å². The van der Waals surface area contributed by atoms with E-state index in [0.29, 0.717) is 11.8 Å². The molecule has 0 saturated heterocycles. The first-order valence-electron chi connectivity index (χ1n) is 5.88. The Hall–Kier alpha value is -0.120. The van der Waals surface area contributed by atoms with Crippen molar-refractivity contribution in [2.75, 3.05) is 33.5 Å². The number of aliphatic hydroxyl groups is 1. The molecule has 0 rings (SSSR count). The van der Waals surface area contributed by atoms with E-state index in [1.807, 2.05) is 0 Å². The molecule has 3 nitrogen and oxygen atoms in total. The summed E-state index contributed by atoms with van der Waals surface area (Å²) in [6.45, 7) is 6.91. The Morgan fingerprint density at radius 2 is 1.87 bits per heavy atom. The third-order valence-electron chi connectivity index (χ3n) is 2.37. The molecular weight excluding hydrogens is 192 g/mol. The second-order valence-corrected chi connectivity index (χ2v) is 4.43. The Morgan fingerprint density at radius 3 is 2.40 bits per heavy atom. The first kappa shape index (κ1) is 14.9. The first-order chi connectivity index (χ1) is 7.20. The largest absolute Gasteiger partial charge is 0.396 e. The van der Waals surface area contributed by atoms with E-state index in [4.69, 9.17) is 14.6 Å². The zero-order valence-electron chi connectivity index (χ0n) is 10.4. The SMILES string of the molecule is COCCCOCCC(CO)CC(C)C. The van der Waals surface area contributed by atoms with Crippen molar-refractivity contribution in [3.05, 3.63) is 0 Å². The Kier molecular flexibility index (Phi) is 10.3. The van der Waals surface area contributed by atoms with Crippen molar-refractivity contribution >= 4 is 0 Å². The van der Waals surface area contributed by atoms with E-state index in [1.54, 1.807) is 7.11 Å². The van der Waals surface area contributed by atoms with Crippen LogP contribution in [0.4, 0.5) is 0 Å². The summed E-state index contributed by atoms with van der Waals surface area (Å²) in [6, 6.07) is 0. The lowest BCUT2D eigenvalue weighted by Gasteiger charge is -2.16. The Labute approximate surface area is 93.8 Å². The zero-order valence-corrected chi connectivity index (χ0v) is 10.4. The van der Waals surface area contributed by atoms with Gasteiger partial charge in [-0.05, 0) is 31.1 Å². The second kappa shape index (κ2) is 10.4. The number of hydrogen-bond acceptors (Lipinski definition) is 3. The molecule has 0 aliphatic carbocycles. The number of aliphatic hydroxyl groups excluding tert-OH is 1. The van der Waals surface area contributed by atoms with Crippen molar-refractivity contribution < 1.29 is 14.6 Å². The van der Waals surface area contributed by atoms with Gasteiger partial charge >= 0.3 is 0 Å². The van der Waals surface area contributed by atoms with Gasteiger partial charge in [-0.3, -0.25) is 0 Å². The average Bonchev–Trinajstić information content (AvgIpc) is 2.20. The number of ether oxygens (including phenoxy) is 2. The van der Waals surface area contributed by atoms with E-state index in [-0.39, 0.29) is 6.61 Å². The molecule has 0 amide bonds. The molecule has 1 atom stereocenters. The normalized spacial score (nSPS) is 13.4. The van der Waals surface area contributed by atoms with Gasteiger partial charge in [0, 0.05) is 33.5 Å². The molecule has 15 heavy (non-hydrogen) atoms. The van der Waals surface area contributed by atoms with Crippen LogP contribution in [0.3, 0.4) is 0 Å². The van der Waals surface area contributed by atoms with Crippen LogP contribution in [0.5, 0.6) is 0 Å². The molecule has 0 saturated carbocycles. The third-order valence-corrected chi connectivity index (χ3v) is 2.37. The number of methoxy groups -OCH3 is 1. The van der Waals surface area contributed by atoms with Gasteiger partial charge in [0.25, 0.3) is 0 Å². The van der Waals surface area contributed by atoms with E-state index in [9.17, 15) is 0 Å². The summed E-state index contributed by atoms with van der Waals surface area (Å²) in [5.74, 6) is 1.04. The van der Waals surface area contributed by atoms with E-state index in [2.05, 4.69) is 13.8 Å². The van der Waals surface area contributed by atoms with Crippen molar-refractivity contribution in [1.82, 2.24) is 0 Å². The van der Waals surface area contributed by atoms with Crippen LogP contribution in [0.25, 0.3) is 0 Å². The van der Waals surface area contributed by atoms with Crippen LogP contribution in [-0.2, 0) is 9.47 Å². The van der Waals surface area contributed by atoms with Crippen LogP contribution in [0.1, 0.15) is 33.1 Å². The molecule has 0 aliphatic heterocycles. The van der Waals surface area contributed by atoms with Gasteiger partial charge in [0.05, 0.1) is 0 Å². The van der Waals surface area contributed by atoms with Crippen LogP contribution in [0.2, 0.25) is 0 Å². The number of rotatable bonds is 10. The summed E-state index contributed by atoms with van der Waals surface area (Å²) in [6.07, 6.45) is 2.99. The predicted molar refractivity (Wildman–Crippen MR) is 62.0 cm³/mol. The standard InChI is InChI=1S/C12H26O3/c1-11(2)9-12(10-13)5-8-15-7-4-6-14-3/h11-13H,4-10H2,1-3H3. The molecule has 0 aromatic heterocycles. The quantitative estimate of drug-likeness (QED) is 0.571. The summed E-state index contributed by atoms with van der Waals surface area (Å²) >= 11 is 0. The zero-order chi connectivity index (χ0) is 11.5. The van der Waals surface area contributed by atoms with Crippen molar-refractivity contribution in [3.63, 3.8) is 0 Å². The minimum Gasteiger partial charge on any atom is -0.396 e. The van der Waals surface area contributed by atoms with Crippen LogP contribution < -0.4 is 0 Å². The molecule has 92 valence electrons. The highest BCUT2D eigenvalue weighted by Crippen LogP contribution is 2.14. The summed E-state index contributed by atoms with van der Waals surface area (Å²) in [5.41, 5.74) is 0. The summed E-state index contributed by atoms with van der Waals surface area (Å²) < 4.78 is 10.4. The van der Waals surface area contributed by atoms with E-state index in [0.717, 1.165) is 39.1 Å². The minimum absolute atomic E-state index is 0.277. The molecule has 0 spiro atoms. The molecular formula is C12H26O3. The minimum atomic E-state index is 0.277.